The number of guanidine groups is 1. The van der Waals surface area contributed by atoms with Gasteiger partial charge in [-0.05, 0) is 43.9 Å². The molecule has 0 heterocycles. The lowest BCUT2D eigenvalue weighted by Gasteiger charge is -2.25. The van der Waals surface area contributed by atoms with Gasteiger partial charge in [0.1, 0.15) is 17.8 Å². The van der Waals surface area contributed by atoms with Gasteiger partial charge in [0.15, 0.2) is 12.0 Å². The molecule has 0 saturated carbocycles. The first-order chi connectivity index (χ1) is 17.3. The number of nitrogens with two attached hydrogens (primary N) is 3. The van der Waals surface area contributed by atoms with Gasteiger partial charge in [-0.15, -0.1) is 0 Å². The molecule has 206 valence electrons. The molecular weight excluding hydrogens is 490 g/mol. The van der Waals surface area contributed by atoms with Crippen LogP contribution in [-0.4, -0.2) is 93.5 Å². The summed E-state index contributed by atoms with van der Waals surface area (Å²) in [6.45, 7) is 0.397. The summed E-state index contributed by atoms with van der Waals surface area (Å²) in [5.74, 6) is -4.22. The number of rotatable bonds is 15. The Morgan fingerprint density at radius 3 is 2.05 bits per heavy atom. The Morgan fingerprint density at radius 2 is 1.54 bits per heavy atom. The highest BCUT2D eigenvalue weighted by Gasteiger charge is 2.31. The van der Waals surface area contributed by atoms with E-state index in [1.54, 1.807) is 12.1 Å². The zero-order valence-electron chi connectivity index (χ0n) is 20.3. The third-order valence-electron chi connectivity index (χ3n) is 5.17. The number of amides is 3. The second kappa shape index (κ2) is 15.2. The molecule has 0 spiro atoms. The van der Waals surface area contributed by atoms with Crippen LogP contribution in [0.25, 0.3) is 0 Å². The van der Waals surface area contributed by atoms with Crippen molar-refractivity contribution in [3.05, 3.63) is 29.8 Å². The smallest absolute Gasteiger partial charge is 0.328 e. The van der Waals surface area contributed by atoms with Crippen molar-refractivity contribution in [2.75, 3.05) is 13.2 Å². The summed E-state index contributed by atoms with van der Waals surface area (Å²) in [6, 6.07) is 0.535. The summed E-state index contributed by atoms with van der Waals surface area (Å²) in [5, 5.41) is 44.4. The molecule has 5 atom stereocenters. The van der Waals surface area contributed by atoms with Crippen LogP contribution in [0.3, 0.4) is 0 Å². The van der Waals surface area contributed by atoms with Crippen LogP contribution in [-0.2, 0) is 25.6 Å². The van der Waals surface area contributed by atoms with E-state index in [2.05, 4.69) is 15.6 Å². The molecule has 3 amide bonds. The Kier molecular flexibility index (Phi) is 12.8. The van der Waals surface area contributed by atoms with Gasteiger partial charge < -0.3 is 53.6 Å². The van der Waals surface area contributed by atoms with Crippen LogP contribution in [0.4, 0.5) is 0 Å². The summed E-state index contributed by atoms with van der Waals surface area (Å²) in [5.41, 5.74) is 17.2. The van der Waals surface area contributed by atoms with E-state index < -0.39 is 60.6 Å². The van der Waals surface area contributed by atoms with E-state index in [0.717, 1.165) is 6.92 Å². The maximum absolute atomic E-state index is 12.9. The van der Waals surface area contributed by atoms with Crippen LogP contribution in [0.2, 0.25) is 0 Å². The fourth-order valence-corrected chi connectivity index (χ4v) is 3.14. The molecule has 15 heteroatoms. The molecule has 13 N–H and O–H groups in total. The first-order valence-corrected chi connectivity index (χ1v) is 11.4. The molecule has 1 aromatic carbocycles. The molecule has 0 fully saturated rings. The van der Waals surface area contributed by atoms with E-state index in [0.29, 0.717) is 5.56 Å². The van der Waals surface area contributed by atoms with Gasteiger partial charge in [0.2, 0.25) is 17.7 Å². The van der Waals surface area contributed by atoms with Gasteiger partial charge in [0.05, 0.1) is 18.8 Å². The number of phenolic OH excluding ortho intramolecular Hbond substituents is 1. The molecule has 15 nitrogen and oxygen atoms in total. The van der Waals surface area contributed by atoms with Crippen molar-refractivity contribution in [1.82, 2.24) is 16.0 Å². The Bertz CT molecular complexity index is 951. The minimum absolute atomic E-state index is 0.0332. The van der Waals surface area contributed by atoms with Crippen LogP contribution >= 0.6 is 0 Å². The molecule has 0 aliphatic rings. The lowest BCUT2D eigenvalue weighted by atomic mass is 10.0. The highest BCUT2D eigenvalue weighted by Crippen LogP contribution is 2.11. The SMILES string of the molecule is CC(O)C(NC(=O)C(CO)NC(=O)C(CCCN=C(N)N)NC(=O)C(N)Cc1ccc(O)cc1)C(=O)O. The Hall–Kier alpha value is -3.95. The Morgan fingerprint density at radius 1 is 0.973 bits per heavy atom. The van der Waals surface area contributed by atoms with Crippen molar-refractivity contribution in [2.45, 2.75) is 56.5 Å². The standard InChI is InChI=1S/C22H35N7O8/c1-11(31)17(21(36)37)29-20(35)16(10-30)28-19(34)15(3-2-8-26-22(24)25)27-18(33)14(23)9-12-4-6-13(32)7-5-12/h4-7,11,14-17,30-32H,2-3,8-10,23H2,1H3,(H,27,33)(H,28,34)(H,29,35)(H,36,37)(H4,24,25,26). The second-order valence-electron chi connectivity index (χ2n) is 8.30. The molecule has 0 bridgehead atoms. The van der Waals surface area contributed by atoms with Gasteiger partial charge in [-0.2, -0.15) is 0 Å². The number of aliphatic hydroxyl groups excluding tert-OH is 2. The summed E-state index contributed by atoms with van der Waals surface area (Å²) in [7, 11) is 0. The summed E-state index contributed by atoms with van der Waals surface area (Å²) >= 11 is 0. The molecule has 0 radical (unpaired) electrons. The number of aliphatic hydroxyl groups is 2. The fourth-order valence-electron chi connectivity index (χ4n) is 3.14. The number of carbonyl (C=O) groups excluding carboxylic acids is 3. The number of nitrogens with one attached hydrogen (secondary N) is 3. The summed E-state index contributed by atoms with van der Waals surface area (Å²) < 4.78 is 0. The van der Waals surface area contributed by atoms with E-state index in [4.69, 9.17) is 22.3 Å². The Labute approximate surface area is 213 Å². The molecule has 1 rings (SSSR count). The topological polar surface area (TPSA) is 276 Å². The normalized spacial score (nSPS) is 14.8. The van der Waals surface area contributed by atoms with Gasteiger partial charge in [-0.25, -0.2) is 4.79 Å². The van der Waals surface area contributed by atoms with E-state index in [1.807, 2.05) is 5.32 Å². The molecule has 0 aliphatic heterocycles. The van der Waals surface area contributed by atoms with E-state index in [1.165, 1.54) is 12.1 Å². The number of benzene rings is 1. The first-order valence-electron chi connectivity index (χ1n) is 11.4. The van der Waals surface area contributed by atoms with Crippen LogP contribution < -0.4 is 33.2 Å². The van der Waals surface area contributed by atoms with Crippen molar-refractivity contribution in [3.63, 3.8) is 0 Å². The molecule has 0 aliphatic carbocycles. The number of carbonyl (C=O) groups is 4. The van der Waals surface area contributed by atoms with Gasteiger partial charge in [0, 0.05) is 6.54 Å². The third-order valence-corrected chi connectivity index (χ3v) is 5.17. The molecule has 0 saturated heterocycles. The average molecular weight is 526 g/mol. The quantitative estimate of drug-likeness (QED) is 0.0602. The van der Waals surface area contributed by atoms with E-state index in [9.17, 15) is 34.5 Å². The first kappa shape index (κ1) is 31.1. The highest BCUT2D eigenvalue weighted by molar-refractivity contribution is 5.94. The number of nitrogens with zero attached hydrogens (tertiary/aromatic N) is 1. The lowest BCUT2D eigenvalue weighted by molar-refractivity contribution is -0.145. The molecule has 5 unspecified atom stereocenters. The maximum Gasteiger partial charge on any atom is 0.328 e. The number of carboxylic acid groups (broad SMARTS) is 1. The van der Waals surface area contributed by atoms with Crippen LogP contribution in [0.5, 0.6) is 5.75 Å². The second-order valence-corrected chi connectivity index (χ2v) is 8.30. The lowest BCUT2D eigenvalue weighted by Crippen LogP contribution is -2.59. The zero-order valence-corrected chi connectivity index (χ0v) is 20.3. The van der Waals surface area contributed by atoms with E-state index in [-0.39, 0.29) is 37.5 Å². The predicted molar refractivity (Wildman–Crippen MR) is 132 cm³/mol. The monoisotopic (exact) mass is 525 g/mol. The number of aromatic hydroxyl groups is 1. The van der Waals surface area contributed by atoms with Crippen molar-refractivity contribution < 1.29 is 39.6 Å². The molecule has 37 heavy (non-hydrogen) atoms. The minimum Gasteiger partial charge on any atom is -0.508 e. The average Bonchev–Trinajstić information content (AvgIpc) is 2.83. The van der Waals surface area contributed by atoms with Crippen molar-refractivity contribution in [2.24, 2.45) is 22.2 Å². The van der Waals surface area contributed by atoms with Gasteiger partial charge in [-0.3, -0.25) is 19.4 Å². The van der Waals surface area contributed by atoms with Gasteiger partial charge in [-0.1, -0.05) is 12.1 Å². The van der Waals surface area contributed by atoms with Crippen molar-refractivity contribution in [3.8, 4) is 5.75 Å². The molecular formula is C22H35N7O8. The summed E-state index contributed by atoms with van der Waals surface area (Å²) in [4.78, 5) is 53.1. The Balaban J connectivity index is 2.93. The maximum atomic E-state index is 12.9. The summed E-state index contributed by atoms with van der Waals surface area (Å²) in [6.07, 6.45) is -1.06. The van der Waals surface area contributed by atoms with Crippen molar-refractivity contribution >= 4 is 29.7 Å². The molecule has 1 aromatic rings. The highest BCUT2D eigenvalue weighted by atomic mass is 16.4. The fraction of sp³-hybridized carbons (Fsp3) is 0.500. The van der Waals surface area contributed by atoms with Crippen LogP contribution in [0, 0.1) is 0 Å². The largest absolute Gasteiger partial charge is 0.508 e. The van der Waals surface area contributed by atoms with Gasteiger partial charge in [0.25, 0.3) is 0 Å². The number of hydrogen-bond donors (Lipinski definition) is 10. The number of hydrogen-bond acceptors (Lipinski definition) is 9. The third kappa shape index (κ3) is 11.1. The van der Waals surface area contributed by atoms with Gasteiger partial charge >= 0.3 is 5.97 Å². The van der Waals surface area contributed by atoms with Crippen LogP contribution in [0.1, 0.15) is 25.3 Å². The number of aliphatic imine (C=N–C) groups is 1. The van der Waals surface area contributed by atoms with Crippen LogP contribution in [0.15, 0.2) is 29.3 Å². The number of carboxylic acids is 1. The van der Waals surface area contributed by atoms with Crippen molar-refractivity contribution in [1.29, 1.82) is 0 Å². The molecule has 0 aromatic heterocycles. The predicted octanol–water partition coefficient (Wildman–Crippen LogP) is -3.77. The van der Waals surface area contributed by atoms with E-state index >= 15 is 0 Å². The number of phenols is 1. The number of aliphatic carboxylic acids is 1. The zero-order chi connectivity index (χ0) is 28.1. The minimum atomic E-state index is -1.67.